The Morgan fingerprint density at radius 3 is 2.00 bits per heavy atom. The smallest absolute Gasteiger partial charge is 0.326 e. The summed E-state index contributed by atoms with van der Waals surface area (Å²) in [7, 11) is 0. The molecule has 0 saturated heterocycles. The van der Waals surface area contributed by atoms with Gasteiger partial charge in [-0.3, -0.25) is 24.2 Å². The molecule has 0 bridgehead atoms. The van der Waals surface area contributed by atoms with Gasteiger partial charge in [0.1, 0.15) is 18.1 Å². The van der Waals surface area contributed by atoms with Gasteiger partial charge in [-0.15, -0.1) is 0 Å². The topological polar surface area (TPSA) is 278 Å². The Hall–Kier alpha value is -3.46. The standard InChI is InChI=1S/C19H36N8O7/c1-3-9(2)14(17(32)25-11(18(33)34)7-13(21)29)27-16(31)12(8-28)26-15(30)10(20)5-4-6-24-19(22)23/h9-12,14,28H,3-8,20H2,1-2H3,(H2,21,29)(H,25,32)(H,26,30)(H,27,31)(H,33,34)(H4,22,23,24). The zero-order valence-corrected chi connectivity index (χ0v) is 19.3. The minimum absolute atomic E-state index is 0.0979. The fraction of sp³-hybridized carbons (Fsp3) is 0.684. The van der Waals surface area contributed by atoms with Crippen molar-refractivity contribution in [3.8, 4) is 0 Å². The van der Waals surface area contributed by atoms with Gasteiger partial charge in [-0.25, -0.2) is 4.79 Å². The molecular weight excluding hydrogens is 452 g/mol. The Labute approximate surface area is 197 Å². The Balaban J connectivity index is 5.20. The van der Waals surface area contributed by atoms with Crippen molar-refractivity contribution in [2.24, 2.45) is 33.8 Å². The normalized spacial score (nSPS) is 15.1. The van der Waals surface area contributed by atoms with E-state index < -0.39 is 72.7 Å². The Morgan fingerprint density at radius 2 is 1.53 bits per heavy atom. The summed E-state index contributed by atoms with van der Waals surface area (Å²) in [6, 6.07) is -5.23. The number of nitrogens with two attached hydrogens (primary N) is 4. The van der Waals surface area contributed by atoms with Gasteiger partial charge in [0.2, 0.25) is 23.6 Å². The molecule has 0 aromatic carbocycles. The number of carbonyl (C=O) groups is 5. The SMILES string of the molecule is CCC(C)C(NC(=O)C(CO)NC(=O)C(N)CCCN=C(N)N)C(=O)NC(CC(N)=O)C(=O)O. The van der Waals surface area contributed by atoms with E-state index in [1.165, 1.54) is 0 Å². The zero-order valence-electron chi connectivity index (χ0n) is 19.3. The summed E-state index contributed by atoms with van der Waals surface area (Å²) in [4.78, 5) is 63.7. The number of primary amides is 1. The van der Waals surface area contributed by atoms with Crippen LogP contribution < -0.4 is 38.9 Å². The number of amides is 4. The van der Waals surface area contributed by atoms with Crippen LogP contribution in [-0.2, 0) is 24.0 Å². The van der Waals surface area contributed by atoms with Gasteiger partial charge in [-0.2, -0.15) is 0 Å². The minimum Gasteiger partial charge on any atom is -0.480 e. The Kier molecular flexibility index (Phi) is 13.8. The summed E-state index contributed by atoms with van der Waals surface area (Å²) in [5.74, 6) is -5.43. The summed E-state index contributed by atoms with van der Waals surface area (Å²) in [5.41, 5.74) is 21.2. The molecule has 0 aliphatic carbocycles. The third-order valence-electron chi connectivity index (χ3n) is 4.93. The van der Waals surface area contributed by atoms with Crippen molar-refractivity contribution < 1.29 is 34.2 Å². The molecule has 0 aromatic rings. The first-order valence-corrected chi connectivity index (χ1v) is 10.7. The highest BCUT2D eigenvalue weighted by atomic mass is 16.4. The monoisotopic (exact) mass is 488 g/mol. The van der Waals surface area contributed by atoms with Crippen molar-refractivity contribution in [1.82, 2.24) is 16.0 Å². The fourth-order valence-electron chi connectivity index (χ4n) is 2.74. The van der Waals surface area contributed by atoms with Crippen LogP contribution in [0.3, 0.4) is 0 Å². The van der Waals surface area contributed by atoms with Gasteiger partial charge in [0, 0.05) is 6.54 Å². The van der Waals surface area contributed by atoms with Crippen LogP contribution in [0.25, 0.3) is 0 Å². The number of carbonyl (C=O) groups excluding carboxylic acids is 4. The maximum absolute atomic E-state index is 12.7. The van der Waals surface area contributed by atoms with Gasteiger partial charge < -0.3 is 49.1 Å². The molecule has 5 atom stereocenters. The predicted molar refractivity (Wildman–Crippen MR) is 122 cm³/mol. The van der Waals surface area contributed by atoms with Gasteiger partial charge in [-0.1, -0.05) is 20.3 Å². The average molecular weight is 489 g/mol. The maximum Gasteiger partial charge on any atom is 0.326 e. The molecule has 13 N–H and O–H groups in total. The highest BCUT2D eigenvalue weighted by Crippen LogP contribution is 2.09. The zero-order chi connectivity index (χ0) is 26.4. The van der Waals surface area contributed by atoms with Gasteiger partial charge in [0.05, 0.1) is 19.1 Å². The number of carboxylic acids is 1. The van der Waals surface area contributed by atoms with E-state index in [1.807, 2.05) is 0 Å². The first-order valence-electron chi connectivity index (χ1n) is 10.7. The highest BCUT2D eigenvalue weighted by Gasteiger charge is 2.33. The van der Waals surface area contributed by atoms with E-state index in [1.54, 1.807) is 13.8 Å². The fourth-order valence-corrected chi connectivity index (χ4v) is 2.74. The molecule has 4 amide bonds. The van der Waals surface area contributed by atoms with Crippen molar-refractivity contribution >= 4 is 35.6 Å². The lowest BCUT2D eigenvalue weighted by atomic mass is 9.97. The van der Waals surface area contributed by atoms with Crippen molar-refractivity contribution in [3.05, 3.63) is 0 Å². The van der Waals surface area contributed by atoms with Crippen molar-refractivity contribution in [3.63, 3.8) is 0 Å². The van der Waals surface area contributed by atoms with Gasteiger partial charge in [0.25, 0.3) is 0 Å². The molecule has 0 rings (SSSR count). The molecule has 0 saturated carbocycles. The second-order valence-electron chi connectivity index (χ2n) is 7.74. The number of nitrogens with zero attached hydrogens (tertiary/aromatic N) is 1. The predicted octanol–water partition coefficient (Wildman–Crippen LogP) is -4.18. The second kappa shape index (κ2) is 15.4. The second-order valence-corrected chi connectivity index (χ2v) is 7.74. The Morgan fingerprint density at radius 1 is 0.941 bits per heavy atom. The van der Waals surface area contributed by atoms with Gasteiger partial charge in [0.15, 0.2) is 5.96 Å². The molecule has 0 spiro atoms. The van der Waals surface area contributed by atoms with Crippen LogP contribution >= 0.6 is 0 Å². The van der Waals surface area contributed by atoms with E-state index in [-0.39, 0.29) is 18.9 Å². The van der Waals surface area contributed by atoms with E-state index in [2.05, 4.69) is 20.9 Å². The van der Waals surface area contributed by atoms with Crippen LogP contribution in [0, 0.1) is 5.92 Å². The van der Waals surface area contributed by atoms with E-state index in [0.717, 1.165) is 0 Å². The molecule has 0 aliphatic heterocycles. The molecule has 0 aromatic heterocycles. The van der Waals surface area contributed by atoms with Crippen LogP contribution in [0.15, 0.2) is 4.99 Å². The van der Waals surface area contributed by atoms with E-state index in [4.69, 9.17) is 22.9 Å². The van der Waals surface area contributed by atoms with Crippen LogP contribution in [0.5, 0.6) is 0 Å². The molecule has 194 valence electrons. The summed E-state index contributed by atoms with van der Waals surface area (Å²) in [5, 5.41) is 25.6. The van der Waals surface area contributed by atoms with E-state index in [0.29, 0.717) is 12.8 Å². The molecule has 0 aliphatic rings. The lowest BCUT2D eigenvalue weighted by Crippen LogP contribution is -2.59. The molecular formula is C19H36N8O7. The number of hydrogen-bond acceptors (Lipinski definition) is 8. The molecule has 34 heavy (non-hydrogen) atoms. The number of aliphatic hydroxyl groups excluding tert-OH is 1. The number of hydrogen-bond donors (Lipinski definition) is 9. The van der Waals surface area contributed by atoms with Crippen LogP contribution in [0.1, 0.15) is 39.5 Å². The summed E-state index contributed by atoms with van der Waals surface area (Å²) < 4.78 is 0. The van der Waals surface area contributed by atoms with Crippen LogP contribution in [-0.4, -0.2) is 83.1 Å². The largest absolute Gasteiger partial charge is 0.480 e. The van der Waals surface area contributed by atoms with Gasteiger partial charge in [-0.05, 0) is 18.8 Å². The summed E-state index contributed by atoms with van der Waals surface area (Å²) >= 11 is 0. The van der Waals surface area contributed by atoms with Crippen LogP contribution in [0.4, 0.5) is 0 Å². The number of guanidine groups is 1. The van der Waals surface area contributed by atoms with Gasteiger partial charge >= 0.3 is 5.97 Å². The third-order valence-corrected chi connectivity index (χ3v) is 4.93. The number of nitrogens with one attached hydrogen (secondary N) is 3. The Bertz CT molecular complexity index is 757. The third kappa shape index (κ3) is 11.4. The molecule has 15 heteroatoms. The number of rotatable bonds is 16. The van der Waals surface area contributed by atoms with Crippen LogP contribution in [0.2, 0.25) is 0 Å². The quantitative estimate of drug-likeness (QED) is 0.0573. The molecule has 15 nitrogen and oxygen atoms in total. The van der Waals surface area contributed by atoms with E-state index in [9.17, 15) is 34.2 Å². The molecule has 0 fully saturated rings. The number of aliphatic imine (C=N–C) groups is 1. The average Bonchev–Trinajstić information content (AvgIpc) is 2.76. The first-order chi connectivity index (χ1) is 15.8. The lowest BCUT2D eigenvalue weighted by Gasteiger charge is -2.27. The number of carboxylic acid groups (broad SMARTS) is 1. The van der Waals surface area contributed by atoms with Crippen molar-refractivity contribution in [2.75, 3.05) is 13.2 Å². The molecule has 0 radical (unpaired) electrons. The molecule has 0 heterocycles. The summed E-state index contributed by atoms with van der Waals surface area (Å²) in [6.07, 6.45) is 0.382. The number of aliphatic carboxylic acids is 1. The van der Waals surface area contributed by atoms with E-state index >= 15 is 0 Å². The van der Waals surface area contributed by atoms with Crippen molar-refractivity contribution in [2.45, 2.75) is 63.7 Å². The number of aliphatic hydroxyl groups is 1. The maximum atomic E-state index is 12.7. The van der Waals surface area contributed by atoms with Crippen molar-refractivity contribution in [1.29, 1.82) is 0 Å². The minimum atomic E-state index is -1.58. The lowest BCUT2D eigenvalue weighted by molar-refractivity contribution is -0.144. The summed E-state index contributed by atoms with van der Waals surface area (Å²) in [6.45, 7) is 2.84. The highest BCUT2D eigenvalue weighted by molar-refractivity contribution is 5.95. The first kappa shape index (κ1) is 30.5. The molecule has 5 unspecified atom stereocenters.